The molecule has 1 heterocycles. The van der Waals surface area contributed by atoms with E-state index in [0.717, 1.165) is 6.07 Å². The summed E-state index contributed by atoms with van der Waals surface area (Å²) in [5, 5.41) is 17.4. The maximum atomic E-state index is 12.4. The molecular formula is C9H5ClF2N2O2. The number of aromatic nitrogens is 1. The Bertz CT molecular complexity index is 471. The van der Waals surface area contributed by atoms with E-state index in [2.05, 4.69) is 4.98 Å². The summed E-state index contributed by atoms with van der Waals surface area (Å²) >= 11 is 5.44. The number of pyridine rings is 1. The van der Waals surface area contributed by atoms with Gasteiger partial charge in [0.05, 0.1) is 0 Å². The van der Waals surface area contributed by atoms with Crippen LogP contribution in [0.3, 0.4) is 0 Å². The molecule has 84 valence electrons. The van der Waals surface area contributed by atoms with Gasteiger partial charge in [-0.2, -0.15) is 5.26 Å². The summed E-state index contributed by atoms with van der Waals surface area (Å²) in [6, 6.07) is 2.35. The summed E-state index contributed by atoms with van der Waals surface area (Å²) in [6.45, 7) is 0. The molecule has 16 heavy (non-hydrogen) atoms. The lowest BCUT2D eigenvalue weighted by Crippen LogP contribution is -2.09. The minimum absolute atomic E-state index is 0.0454. The van der Waals surface area contributed by atoms with Crippen molar-refractivity contribution in [2.75, 3.05) is 0 Å². The van der Waals surface area contributed by atoms with E-state index >= 15 is 0 Å². The van der Waals surface area contributed by atoms with Gasteiger partial charge in [-0.05, 0) is 11.6 Å². The lowest BCUT2D eigenvalue weighted by Gasteiger charge is -2.07. The monoisotopic (exact) mass is 246 g/mol. The third-order valence-electron chi connectivity index (χ3n) is 1.81. The van der Waals surface area contributed by atoms with Crippen molar-refractivity contribution in [3.8, 4) is 6.07 Å². The molecule has 0 aliphatic heterocycles. The van der Waals surface area contributed by atoms with Gasteiger partial charge in [0.25, 0.3) is 6.43 Å². The zero-order valence-corrected chi connectivity index (χ0v) is 8.50. The molecule has 0 spiro atoms. The van der Waals surface area contributed by atoms with Gasteiger partial charge < -0.3 is 5.11 Å². The van der Waals surface area contributed by atoms with Gasteiger partial charge in [0.15, 0.2) is 5.69 Å². The molecule has 0 radical (unpaired) electrons. The average Bonchev–Trinajstić information content (AvgIpc) is 2.26. The number of rotatable bonds is 3. The van der Waals surface area contributed by atoms with E-state index in [9.17, 15) is 13.6 Å². The molecule has 0 bridgehead atoms. The maximum absolute atomic E-state index is 12.4. The van der Waals surface area contributed by atoms with Gasteiger partial charge in [0.1, 0.15) is 17.3 Å². The van der Waals surface area contributed by atoms with Gasteiger partial charge in [-0.25, -0.2) is 18.6 Å². The lowest BCUT2D eigenvalue weighted by molar-refractivity contribution is 0.0694. The Hall–Kier alpha value is -1.74. The van der Waals surface area contributed by atoms with Crippen LogP contribution in [0, 0.1) is 11.3 Å². The third kappa shape index (κ3) is 2.25. The highest BCUT2D eigenvalue weighted by Crippen LogP contribution is 2.23. The zero-order chi connectivity index (χ0) is 12.3. The standard InChI is InChI=1S/C9H5ClF2N2O2/c10-2-4-1-5(8(11)12)14-6(3-13)7(4)9(15)16/h1,8H,2H2,(H,15,16). The van der Waals surface area contributed by atoms with E-state index in [1.54, 1.807) is 0 Å². The van der Waals surface area contributed by atoms with E-state index in [1.165, 1.54) is 6.07 Å². The van der Waals surface area contributed by atoms with Crippen LogP contribution in [0.25, 0.3) is 0 Å². The Kier molecular flexibility index (Phi) is 3.74. The van der Waals surface area contributed by atoms with Gasteiger partial charge in [0.2, 0.25) is 0 Å². The number of carboxylic acids is 1. The molecule has 1 aromatic heterocycles. The van der Waals surface area contributed by atoms with E-state index in [0.29, 0.717) is 0 Å². The Morgan fingerprint density at radius 1 is 1.69 bits per heavy atom. The largest absolute Gasteiger partial charge is 0.478 e. The SMILES string of the molecule is N#Cc1nc(C(F)F)cc(CCl)c1C(=O)O. The molecule has 1 N–H and O–H groups in total. The number of hydrogen-bond donors (Lipinski definition) is 1. The van der Waals surface area contributed by atoms with Crippen LogP contribution in [0.1, 0.15) is 33.7 Å². The lowest BCUT2D eigenvalue weighted by atomic mass is 10.1. The predicted octanol–water partition coefficient (Wildman–Crippen LogP) is 2.33. The van der Waals surface area contributed by atoms with E-state index in [4.69, 9.17) is 22.0 Å². The fourth-order valence-corrected chi connectivity index (χ4v) is 1.37. The fraction of sp³-hybridized carbons (Fsp3) is 0.222. The first-order valence-electron chi connectivity index (χ1n) is 4.02. The molecule has 0 aliphatic carbocycles. The first kappa shape index (κ1) is 12.3. The molecule has 0 amide bonds. The molecule has 1 rings (SSSR count). The molecule has 0 atom stereocenters. The Morgan fingerprint density at radius 3 is 2.69 bits per heavy atom. The number of nitrogens with zero attached hydrogens (tertiary/aromatic N) is 2. The van der Waals surface area contributed by atoms with Crippen molar-refractivity contribution in [3.63, 3.8) is 0 Å². The van der Waals surface area contributed by atoms with E-state index < -0.39 is 29.3 Å². The van der Waals surface area contributed by atoms with Gasteiger partial charge in [-0.3, -0.25) is 0 Å². The second-order valence-corrected chi connectivity index (χ2v) is 3.05. The van der Waals surface area contributed by atoms with E-state index in [-0.39, 0.29) is 11.4 Å². The first-order chi connectivity index (χ1) is 7.51. The van der Waals surface area contributed by atoms with Crippen LogP contribution in [-0.4, -0.2) is 16.1 Å². The molecule has 4 nitrogen and oxygen atoms in total. The minimum atomic E-state index is -2.88. The smallest absolute Gasteiger partial charge is 0.338 e. The van der Waals surface area contributed by atoms with Crippen molar-refractivity contribution in [1.29, 1.82) is 5.26 Å². The highest BCUT2D eigenvalue weighted by molar-refractivity contribution is 6.17. The molecular weight excluding hydrogens is 242 g/mol. The molecule has 7 heteroatoms. The first-order valence-corrected chi connectivity index (χ1v) is 4.56. The molecule has 0 saturated heterocycles. The summed E-state index contributed by atoms with van der Waals surface area (Å²) < 4.78 is 24.7. The topological polar surface area (TPSA) is 74.0 Å². The van der Waals surface area contributed by atoms with Crippen LogP contribution in [0.5, 0.6) is 0 Å². The van der Waals surface area contributed by atoms with Crippen molar-refractivity contribution in [2.45, 2.75) is 12.3 Å². The summed E-state index contributed by atoms with van der Waals surface area (Å²) in [4.78, 5) is 14.1. The van der Waals surface area contributed by atoms with Crippen LogP contribution in [0.4, 0.5) is 8.78 Å². The average molecular weight is 247 g/mol. The number of carbonyl (C=O) groups is 1. The highest BCUT2D eigenvalue weighted by Gasteiger charge is 2.21. The molecule has 0 aromatic carbocycles. The quantitative estimate of drug-likeness (QED) is 0.831. The number of hydrogen-bond acceptors (Lipinski definition) is 3. The van der Waals surface area contributed by atoms with Gasteiger partial charge in [-0.1, -0.05) is 0 Å². The minimum Gasteiger partial charge on any atom is -0.478 e. The molecule has 0 unspecified atom stereocenters. The van der Waals surface area contributed by atoms with E-state index in [1.807, 2.05) is 0 Å². The van der Waals surface area contributed by atoms with Crippen molar-refractivity contribution >= 4 is 17.6 Å². The molecule has 1 aromatic rings. The maximum Gasteiger partial charge on any atom is 0.338 e. The normalized spacial score (nSPS) is 10.2. The Balaban J connectivity index is 3.51. The van der Waals surface area contributed by atoms with Gasteiger partial charge in [0, 0.05) is 5.88 Å². The summed E-state index contributed by atoms with van der Waals surface area (Å²) in [5.41, 5.74) is -1.68. The van der Waals surface area contributed by atoms with Crippen LogP contribution < -0.4 is 0 Å². The number of halogens is 3. The van der Waals surface area contributed by atoms with Crippen molar-refractivity contribution in [1.82, 2.24) is 4.98 Å². The summed E-state index contributed by atoms with van der Waals surface area (Å²) in [5.74, 6) is -1.70. The number of aromatic carboxylic acids is 1. The molecule has 0 saturated carbocycles. The van der Waals surface area contributed by atoms with Crippen molar-refractivity contribution in [3.05, 3.63) is 28.6 Å². The number of carboxylic acid groups (broad SMARTS) is 1. The zero-order valence-electron chi connectivity index (χ0n) is 7.75. The second-order valence-electron chi connectivity index (χ2n) is 2.78. The second kappa shape index (κ2) is 4.86. The third-order valence-corrected chi connectivity index (χ3v) is 2.10. The van der Waals surface area contributed by atoms with Gasteiger partial charge >= 0.3 is 5.97 Å². The summed E-state index contributed by atoms with van der Waals surface area (Å²) in [6.07, 6.45) is -2.88. The van der Waals surface area contributed by atoms with Crippen LogP contribution >= 0.6 is 11.6 Å². The highest BCUT2D eigenvalue weighted by atomic mass is 35.5. The van der Waals surface area contributed by atoms with Crippen LogP contribution in [0.15, 0.2) is 6.07 Å². The summed E-state index contributed by atoms with van der Waals surface area (Å²) in [7, 11) is 0. The molecule has 0 aliphatic rings. The van der Waals surface area contributed by atoms with Crippen LogP contribution in [0.2, 0.25) is 0 Å². The number of alkyl halides is 3. The number of nitriles is 1. The van der Waals surface area contributed by atoms with Crippen molar-refractivity contribution < 1.29 is 18.7 Å². The fourth-order valence-electron chi connectivity index (χ4n) is 1.16. The Labute approximate surface area is 94.1 Å². The molecule has 0 fully saturated rings. The Morgan fingerprint density at radius 2 is 2.31 bits per heavy atom. The predicted molar refractivity (Wildman–Crippen MR) is 50.4 cm³/mol. The van der Waals surface area contributed by atoms with Crippen molar-refractivity contribution in [2.24, 2.45) is 0 Å². The van der Waals surface area contributed by atoms with Crippen LogP contribution in [-0.2, 0) is 5.88 Å². The van der Waals surface area contributed by atoms with Gasteiger partial charge in [-0.15, -0.1) is 11.6 Å².